The summed E-state index contributed by atoms with van der Waals surface area (Å²) >= 11 is 5.81. The fourth-order valence-corrected chi connectivity index (χ4v) is 1.80. The maximum Gasteiger partial charge on any atom is 0.339 e. The van der Waals surface area contributed by atoms with E-state index in [-0.39, 0.29) is 16.3 Å². The van der Waals surface area contributed by atoms with Gasteiger partial charge in [0.1, 0.15) is 5.56 Å². The molecule has 1 amide bonds. The average Bonchev–Trinajstić information content (AvgIpc) is 2.39. The van der Waals surface area contributed by atoms with Crippen molar-refractivity contribution in [2.24, 2.45) is 0 Å². The summed E-state index contributed by atoms with van der Waals surface area (Å²) < 4.78 is 0. The highest BCUT2D eigenvalue weighted by atomic mass is 35.5. The van der Waals surface area contributed by atoms with E-state index in [0.29, 0.717) is 5.56 Å². The molecule has 1 heterocycles. The van der Waals surface area contributed by atoms with Gasteiger partial charge < -0.3 is 10.4 Å². The second kappa shape index (κ2) is 5.49. The topological polar surface area (TPSA) is 79.3 Å². The number of halogens is 1. The molecule has 96 valence electrons. The molecular formula is C13H9ClN2O3. The van der Waals surface area contributed by atoms with Crippen molar-refractivity contribution in [3.05, 3.63) is 58.9 Å². The van der Waals surface area contributed by atoms with Gasteiger partial charge in [-0.2, -0.15) is 0 Å². The number of amides is 1. The smallest absolute Gasteiger partial charge is 0.339 e. The predicted octanol–water partition coefficient (Wildman–Crippen LogP) is 2.69. The van der Waals surface area contributed by atoms with Crippen molar-refractivity contribution < 1.29 is 14.7 Å². The Morgan fingerprint density at radius 2 is 1.84 bits per heavy atom. The second-order valence-corrected chi connectivity index (χ2v) is 4.06. The molecule has 1 aromatic carbocycles. The first kappa shape index (κ1) is 13.0. The first-order valence-corrected chi connectivity index (χ1v) is 5.70. The van der Waals surface area contributed by atoms with Gasteiger partial charge in [-0.25, -0.2) is 4.79 Å². The lowest BCUT2D eigenvalue weighted by molar-refractivity contribution is 0.0698. The van der Waals surface area contributed by atoms with Crippen LogP contribution in [0.25, 0.3) is 0 Å². The first-order chi connectivity index (χ1) is 9.09. The highest BCUT2D eigenvalue weighted by Crippen LogP contribution is 2.24. The summed E-state index contributed by atoms with van der Waals surface area (Å²) in [6.45, 7) is 0. The summed E-state index contributed by atoms with van der Waals surface area (Å²) in [6.07, 6.45) is 2.95. The van der Waals surface area contributed by atoms with Crippen LogP contribution >= 0.6 is 11.6 Å². The molecule has 0 bridgehead atoms. The van der Waals surface area contributed by atoms with Gasteiger partial charge >= 0.3 is 5.97 Å². The summed E-state index contributed by atoms with van der Waals surface area (Å²) in [7, 11) is 0. The summed E-state index contributed by atoms with van der Waals surface area (Å²) in [5.74, 6) is -1.62. The SMILES string of the molecule is O=C(Nc1cccc(Cl)c1C(=O)O)c1ccncc1. The molecule has 0 aliphatic heterocycles. The third kappa shape index (κ3) is 2.89. The highest BCUT2D eigenvalue weighted by molar-refractivity contribution is 6.34. The van der Waals surface area contributed by atoms with Gasteiger partial charge in [0.25, 0.3) is 5.91 Å². The Morgan fingerprint density at radius 1 is 1.16 bits per heavy atom. The van der Waals surface area contributed by atoms with Crippen molar-refractivity contribution in [2.45, 2.75) is 0 Å². The lowest BCUT2D eigenvalue weighted by Gasteiger charge is -2.09. The zero-order valence-corrected chi connectivity index (χ0v) is 10.4. The number of carbonyl (C=O) groups excluding carboxylic acids is 1. The molecule has 5 nitrogen and oxygen atoms in total. The molecule has 2 rings (SSSR count). The molecule has 0 aliphatic rings. The summed E-state index contributed by atoms with van der Waals surface area (Å²) in [5.41, 5.74) is 0.402. The van der Waals surface area contributed by atoms with Gasteiger partial charge in [0.05, 0.1) is 10.7 Å². The normalized spacial score (nSPS) is 9.95. The minimum Gasteiger partial charge on any atom is -0.478 e. The molecule has 0 aliphatic carbocycles. The Hall–Kier alpha value is -2.40. The van der Waals surface area contributed by atoms with Crippen molar-refractivity contribution in [1.29, 1.82) is 0 Å². The molecule has 0 saturated carbocycles. The van der Waals surface area contributed by atoms with Gasteiger partial charge in [0.15, 0.2) is 0 Å². The number of benzene rings is 1. The zero-order valence-electron chi connectivity index (χ0n) is 9.63. The van der Waals surface area contributed by atoms with E-state index in [9.17, 15) is 9.59 Å². The summed E-state index contributed by atoms with van der Waals surface area (Å²) in [4.78, 5) is 26.8. The molecule has 0 unspecified atom stereocenters. The van der Waals surface area contributed by atoms with E-state index >= 15 is 0 Å². The fraction of sp³-hybridized carbons (Fsp3) is 0. The second-order valence-electron chi connectivity index (χ2n) is 3.66. The molecule has 2 aromatic rings. The minimum atomic E-state index is -1.20. The molecular weight excluding hydrogens is 268 g/mol. The van der Waals surface area contributed by atoms with Gasteiger partial charge in [-0.3, -0.25) is 9.78 Å². The molecule has 2 N–H and O–H groups in total. The number of aromatic carboxylic acids is 1. The average molecular weight is 277 g/mol. The van der Waals surface area contributed by atoms with Crippen molar-refractivity contribution in [1.82, 2.24) is 4.98 Å². The van der Waals surface area contributed by atoms with E-state index in [2.05, 4.69) is 10.3 Å². The molecule has 0 fully saturated rings. The Labute approximate surface area is 113 Å². The van der Waals surface area contributed by atoms with E-state index in [1.165, 1.54) is 36.7 Å². The number of nitrogens with zero attached hydrogens (tertiary/aromatic N) is 1. The van der Waals surface area contributed by atoms with Crippen molar-refractivity contribution in [2.75, 3.05) is 5.32 Å². The third-order valence-corrected chi connectivity index (χ3v) is 2.73. The van der Waals surface area contributed by atoms with Gasteiger partial charge in [0, 0.05) is 18.0 Å². The third-order valence-electron chi connectivity index (χ3n) is 2.42. The monoisotopic (exact) mass is 276 g/mol. The van der Waals surface area contributed by atoms with Crippen LogP contribution in [0.1, 0.15) is 20.7 Å². The highest BCUT2D eigenvalue weighted by Gasteiger charge is 2.16. The number of rotatable bonds is 3. The number of nitrogens with one attached hydrogen (secondary N) is 1. The maximum absolute atomic E-state index is 11.9. The molecule has 0 radical (unpaired) electrons. The van der Waals surface area contributed by atoms with Crippen LogP contribution < -0.4 is 5.32 Å². The van der Waals surface area contributed by atoms with Gasteiger partial charge in [0.2, 0.25) is 0 Å². The molecule has 19 heavy (non-hydrogen) atoms. The van der Waals surface area contributed by atoms with E-state index in [1.807, 2.05) is 0 Å². The van der Waals surface area contributed by atoms with E-state index < -0.39 is 11.9 Å². The Balaban J connectivity index is 2.32. The number of carboxylic acids is 1. The number of hydrogen-bond donors (Lipinski definition) is 2. The number of aromatic nitrogens is 1. The van der Waals surface area contributed by atoms with Crippen LogP contribution in [-0.2, 0) is 0 Å². The lowest BCUT2D eigenvalue weighted by Crippen LogP contribution is -2.15. The van der Waals surface area contributed by atoms with Crippen LogP contribution in [0, 0.1) is 0 Å². The number of carboxylic acid groups (broad SMARTS) is 1. The van der Waals surface area contributed by atoms with Crippen LogP contribution in [0.3, 0.4) is 0 Å². The molecule has 0 spiro atoms. The van der Waals surface area contributed by atoms with Crippen molar-refractivity contribution >= 4 is 29.2 Å². The number of carbonyl (C=O) groups is 2. The van der Waals surface area contributed by atoms with E-state index in [1.54, 1.807) is 6.07 Å². The Bertz CT molecular complexity index is 629. The van der Waals surface area contributed by atoms with Crippen LogP contribution in [0.5, 0.6) is 0 Å². The predicted molar refractivity (Wildman–Crippen MR) is 70.6 cm³/mol. The Kier molecular flexibility index (Phi) is 3.77. The summed E-state index contributed by atoms with van der Waals surface area (Å²) in [6, 6.07) is 7.55. The maximum atomic E-state index is 11.9. The standard InChI is InChI=1S/C13H9ClN2O3/c14-9-2-1-3-10(11(9)13(18)19)16-12(17)8-4-6-15-7-5-8/h1-7H,(H,16,17)(H,18,19). The van der Waals surface area contributed by atoms with Crippen LogP contribution in [0.15, 0.2) is 42.7 Å². The molecule has 6 heteroatoms. The number of pyridine rings is 1. The fourth-order valence-electron chi connectivity index (χ4n) is 1.54. The number of anilines is 1. The van der Waals surface area contributed by atoms with Crippen LogP contribution in [-0.4, -0.2) is 22.0 Å². The van der Waals surface area contributed by atoms with Crippen LogP contribution in [0.2, 0.25) is 5.02 Å². The molecule has 0 saturated heterocycles. The number of hydrogen-bond acceptors (Lipinski definition) is 3. The van der Waals surface area contributed by atoms with Crippen molar-refractivity contribution in [3.63, 3.8) is 0 Å². The minimum absolute atomic E-state index is 0.0695. The molecule has 1 aromatic heterocycles. The lowest BCUT2D eigenvalue weighted by atomic mass is 10.1. The zero-order chi connectivity index (χ0) is 13.8. The van der Waals surface area contributed by atoms with Gasteiger partial charge in [-0.15, -0.1) is 0 Å². The van der Waals surface area contributed by atoms with Gasteiger partial charge in [-0.1, -0.05) is 17.7 Å². The quantitative estimate of drug-likeness (QED) is 0.903. The first-order valence-electron chi connectivity index (χ1n) is 5.33. The molecule has 0 atom stereocenters. The van der Waals surface area contributed by atoms with E-state index in [0.717, 1.165) is 0 Å². The largest absolute Gasteiger partial charge is 0.478 e. The Morgan fingerprint density at radius 3 is 2.47 bits per heavy atom. The van der Waals surface area contributed by atoms with E-state index in [4.69, 9.17) is 16.7 Å². The van der Waals surface area contributed by atoms with Crippen molar-refractivity contribution in [3.8, 4) is 0 Å². The van der Waals surface area contributed by atoms with Crippen LogP contribution in [0.4, 0.5) is 5.69 Å². The summed E-state index contributed by atoms with van der Waals surface area (Å²) in [5, 5.41) is 11.7. The van der Waals surface area contributed by atoms with Gasteiger partial charge in [-0.05, 0) is 24.3 Å².